The van der Waals surface area contributed by atoms with E-state index in [0.717, 1.165) is 0 Å². The molecule has 1 aromatic carbocycles. The zero-order valence-corrected chi connectivity index (χ0v) is 14.7. The number of carbonyl (C=O) groups excluding carboxylic acids is 1. The maximum atomic E-state index is 12.8. The molecule has 116 valence electrons. The van der Waals surface area contributed by atoms with Gasteiger partial charge in [0.05, 0.1) is 13.1 Å². The van der Waals surface area contributed by atoms with Crippen molar-refractivity contribution < 1.29 is 9.36 Å². The molecule has 0 amide bonds. The number of aromatic nitrogens is 1. The molecule has 6 heteroatoms. The van der Waals surface area contributed by atoms with Crippen LogP contribution in [-0.4, -0.2) is 30.3 Å². The fraction of sp³-hybridized carbons (Fsp3) is 0.250. The highest BCUT2D eigenvalue weighted by atomic mass is 35.5. The monoisotopic (exact) mass is 355 g/mol. The third-order valence-corrected chi connectivity index (χ3v) is 5.03. The molecule has 0 radical (unpaired) electrons. The Hall–Kier alpha value is -1.15. The molecule has 0 N–H and O–H groups in total. The van der Waals surface area contributed by atoms with Crippen LogP contribution in [0.4, 0.5) is 0 Å². The maximum absolute atomic E-state index is 12.8. The molecule has 0 saturated heterocycles. The summed E-state index contributed by atoms with van der Waals surface area (Å²) in [4.78, 5) is 16.8. The van der Waals surface area contributed by atoms with Crippen molar-refractivity contribution in [2.45, 2.75) is 5.92 Å². The van der Waals surface area contributed by atoms with Gasteiger partial charge in [-0.1, -0.05) is 29.3 Å². The van der Waals surface area contributed by atoms with Gasteiger partial charge in [0.1, 0.15) is 0 Å². The van der Waals surface area contributed by atoms with Gasteiger partial charge in [-0.15, -0.1) is 0 Å². The average molecular weight is 356 g/mol. The van der Waals surface area contributed by atoms with Gasteiger partial charge in [-0.3, -0.25) is 9.78 Å². The van der Waals surface area contributed by atoms with E-state index in [1.165, 1.54) is 6.20 Å². The third-order valence-electron chi connectivity index (χ3n) is 3.22. The van der Waals surface area contributed by atoms with Crippen molar-refractivity contribution in [3.05, 3.63) is 63.9 Å². The smallest absolute Gasteiger partial charge is 0.172 e. The van der Waals surface area contributed by atoms with E-state index >= 15 is 0 Å². The first kappa shape index (κ1) is 17.2. The molecular weight excluding hydrogens is 340 g/mol. The van der Waals surface area contributed by atoms with E-state index in [-0.39, 0.29) is 11.9 Å². The topological polar surface area (TPSA) is 47.0 Å². The van der Waals surface area contributed by atoms with Crippen molar-refractivity contribution in [2.75, 3.05) is 19.5 Å². The normalized spacial score (nSPS) is 12.9. The summed E-state index contributed by atoms with van der Waals surface area (Å²) in [7, 11) is -2.43. The number of nitrogens with zero attached hydrogens (tertiary/aromatic N) is 1. The molecule has 0 fully saturated rings. The second-order valence-corrected chi connectivity index (χ2v) is 9.94. The molecule has 0 spiro atoms. The summed E-state index contributed by atoms with van der Waals surface area (Å²) < 4.78 is 12.3. The number of ketones is 1. The van der Waals surface area contributed by atoms with E-state index in [4.69, 9.17) is 23.2 Å². The molecule has 0 aliphatic rings. The number of hydrogen-bond acceptors (Lipinski definition) is 3. The van der Waals surface area contributed by atoms with Gasteiger partial charge in [-0.05, 0) is 43.2 Å². The number of pyridine rings is 1. The molecule has 3 nitrogen and oxygen atoms in total. The number of benzene rings is 1. The zero-order chi connectivity index (χ0) is 16.3. The van der Waals surface area contributed by atoms with Gasteiger partial charge in [0, 0.05) is 34.2 Å². The highest BCUT2D eigenvalue weighted by molar-refractivity contribution is 7.62. The predicted octanol–water partition coefficient (Wildman–Crippen LogP) is 4.98. The first-order chi connectivity index (χ1) is 10.3. The Kier molecular flexibility index (Phi) is 5.44. The molecule has 1 heterocycles. The predicted molar refractivity (Wildman–Crippen MR) is 92.1 cm³/mol. The molecule has 2 rings (SSSR count). The van der Waals surface area contributed by atoms with E-state index in [1.807, 2.05) is 0 Å². The number of Topliss-reactive ketones (excluding diaryl/α,β-unsaturated/α-hetero) is 1. The van der Waals surface area contributed by atoms with Crippen molar-refractivity contribution in [3.8, 4) is 0 Å². The second-order valence-electron chi connectivity index (χ2n) is 5.58. The van der Waals surface area contributed by atoms with Crippen LogP contribution in [0, 0.1) is 0 Å². The maximum Gasteiger partial charge on any atom is 0.172 e. The van der Waals surface area contributed by atoms with E-state index in [0.29, 0.717) is 21.2 Å². The van der Waals surface area contributed by atoms with E-state index in [2.05, 4.69) is 4.98 Å². The standard InChI is InChI=1S/C16H16Cl2NO2P/c1-22(2,21)10-14(13-6-5-12(17)8-15(13)18)16(20)11-4-3-7-19-9-11/h3-9,14H,10H2,1-2H3. The van der Waals surface area contributed by atoms with Crippen LogP contribution in [-0.2, 0) is 4.57 Å². The van der Waals surface area contributed by atoms with Crippen molar-refractivity contribution in [2.24, 2.45) is 0 Å². The van der Waals surface area contributed by atoms with Crippen LogP contribution in [0.5, 0.6) is 0 Å². The summed E-state index contributed by atoms with van der Waals surface area (Å²) in [6.45, 7) is 3.33. The van der Waals surface area contributed by atoms with Crippen LogP contribution in [0.3, 0.4) is 0 Å². The van der Waals surface area contributed by atoms with Gasteiger partial charge in [0.15, 0.2) is 5.78 Å². The Bertz CT molecular complexity index is 728. The summed E-state index contributed by atoms with van der Waals surface area (Å²) in [5.41, 5.74) is 1.12. The summed E-state index contributed by atoms with van der Waals surface area (Å²) in [6, 6.07) is 8.40. The lowest BCUT2D eigenvalue weighted by atomic mass is 9.93. The summed E-state index contributed by atoms with van der Waals surface area (Å²) in [6.07, 6.45) is 3.36. The molecule has 0 aliphatic carbocycles. The Labute approximate surface area is 140 Å². The summed E-state index contributed by atoms with van der Waals surface area (Å²) in [5, 5.41) is 0.903. The number of rotatable bonds is 5. The molecule has 0 saturated carbocycles. The van der Waals surface area contributed by atoms with Crippen LogP contribution in [0.25, 0.3) is 0 Å². The molecule has 0 aliphatic heterocycles. The van der Waals surface area contributed by atoms with E-state index < -0.39 is 13.1 Å². The van der Waals surface area contributed by atoms with Gasteiger partial charge in [0.25, 0.3) is 0 Å². The SMILES string of the molecule is CP(C)(=O)CC(C(=O)c1cccnc1)c1ccc(Cl)cc1Cl. The second kappa shape index (κ2) is 6.95. The number of halogens is 2. The van der Waals surface area contributed by atoms with Crippen molar-refractivity contribution in [1.82, 2.24) is 4.98 Å². The Morgan fingerprint density at radius 1 is 1.27 bits per heavy atom. The Balaban J connectivity index is 2.47. The van der Waals surface area contributed by atoms with Crippen LogP contribution < -0.4 is 0 Å². The van der Waals surface area contributed by atoms with Gasteiger partial charge in [0.2, 0.25) is 0 Å². The lowest BCUT2D eigenvalue weighted by Crippen LogP contribution is -2.17. The van der Waals surface area contributed by atoms with Crippen molar-refractivity contribution in [3.63, 3.8) is 0 Å². The summed E-state index contributed by atoms with van der Waals surface area (Å²) in [5.74, 6) is -0.712. The highest BCUT2D eigenvalue weighted by Gasteiger charge is 2.28. The average Bonchev–Trinajstić information content (AvgIpc) is 2.44. The third kappa shape index (κ3) is 4.42. The van der Waals surface area contributed by atoms with Crippen LogP contribution >= 0.6 is 30.3 Å². The number of hydrogen-bond donors (Lipinski definition) is 0. The Morgan fingerprint density at radius 2 is 2.00 bits per heavy atom. The molecule has 1 atom stereocenters. The largest absolute Gasteiger partial charge is 0.324 e. The molecule has 1 unspecified atom stereocenters. The first-order valence-corrected chi connectivity index (χ1v) is 10.3. The van der Waals surface area contributed by atoms with Gasteiger partial charge >= 0.3 is 0 Å². The fourth-order valence-corrected chi connectivity index (χ4v) is 4.04. The van der Waals surface area contributed by atoms with E-state index in [1.54, 1.807) is 49.9 Å². The highest BCUT2D eigenvalue weighted by Crippen LogP contribution is 2.43. The lowest BCUT2D eigenvalue weighted by Gasteiger charge is -2.20. The zero-order valence-electron chi connectivity index (χ0n) is 12.3. The minimum absolute atomic E-state index is 0.138. The van der Waals surface area contributed by atoms with Gasteiger partial charge in [-0.25, -0.2) is 0 Å². The Morgan fingerprint density at radius 3 is 2.55 bits per heavy atom. The fourth-order valence-electron chi connectivity index (χ4n) is 2.26. The quantitative estimate of drug-likeness (QED) is 0.561. The molecule has 22 heavy (non-hydrogen) atoms. The van der Waals surface area contributed by atoms with Crippen LogP contribution in [0.2, 0.25) is 10.0 Å². The first-order valence-electron chi connectivity index (χ1n) is 6.71. The van der Waals surface area contributed by atoms with Crippen molar-refractivity contribution >= 4 is 36.1 Å². The minimum Gasteiger partial charge on any atom is -0.324 e. The molecule has 2 aromatic rings. The minimum atomic E-state index is -2.43. The van der Waals surface area contributed by atoms with Crippen LogP contribution in [0.15, 0.2) is 42.7 Å². The van der Waals surface area contributed by atoms with Crippen molar-refractivity contribution in [1.29, 1.82) is 0 Å². The lowest BCUT2D eigenvalue weighted by molar-refractivity contribution is 0.0966. The van der Waals surface area contributed by atoms with Gasteiger partial charge in [-0.2, -0.15) is 0 Å². The van der Waals surface area contributed by atoms with Crippen LogP contribution in [0.1, 0.15) is 21.8 Å². The molecule has 1 aromatic heterocycles. The summed E-state index contributed by atoms with van der Waals surface area (Å²) >= 11 is 12.2. The number of carbonyl (C=O) groups is 1. The van der Waals surface area contributed by atoms with Gasteiger partial charge < -0.3 is 4.57 Å². The molecule has 0 bridgehead atoms. The van der Waals surface area contributed by atoms with E-state index in [9.17, 15) is 9.36 Å². The molecular formula is C16H16Cl2NO2P.